The lowest BCUT2D eigenvalue weighted by atomic mass is 10.2. The first-order valence-electron chi connectivity index (χ1n) is 3.56. The van der Waals surface area contributed by atoms with Gasteiger partial charge in [-0.25, -0.2) is 0 Å². The normalized spacial score (nSPS) is 36.7. The second-order valence-electron chi connectivity index (χ2n) is 2.61. The lowest BCUT2D eigenvalue weighted by Gasteiger charge is -2.26. The molecule has 0 spiro atoms. The van der Waals surface area contributed by atoms with Gasteiger partial charge in [-0.2, -0.15) is 0 Å². The zero-order chi connectivity index (χ0) is 6.69. The van der Waals surface area contributed by atoms with Gasteiger partial charge in [-0.3, -0.25) is 0 Å². The topological polar surface area (TPSA) is 18.5 Å². The third-order valence-corrected chi connectivity index (χ3v) is 1.47. The molecular formula is C7H14O2. The summed E-state index contributed by atoms with van der Waals surface area (Å²) in [5.41, 5.74) is 0. The minimum Gasteiger partial charge on any atom is -0.352 e. The summed E-state index contributed by atoms with van der Waals surface area (Å²) in [7, 11) is 0. The van der Waals surface area contributed by atoms with Crippen molar-refractivity contribution >= 4 is 0 Å². The summed E-state index contributed by atoms with van der Waals surface area (Å²) in [6.07, 6.45) is 1.04. The van der Waals surface area contributed by atoms with E-state index in [9.17, 15) is 0 Å². The van der Waals surface area contributed by atoms with Crippen LogP contribution in [0.25, 0.3) is 0 Å². The smallest absolute Gasteiger partial charge is 0.157 e. The maximum atomic E-state index is 5.32. The minimum absolute atomic E-state index is 0.0706. The summed E-state index contributed by atoms with van der Waals surface area (Å²) < 4.78 is 10.6. The highest BCUT2D eigenvalue weighted by molar-refractivity contribution is 4.55. The van der Waals surface area contributed by atoms with E-state index in [-0.39, 0.29) is 6.29 Å². The van der Waals surface area contributed by atoms with Crippen LogP contribution < -0.4 is 0 Å². The average molecular weight is 130 g/mol. The molecule has 54 valence electrons. The fraction of sp³-hybridized carbons (Fsp3) is 1.00. The maximum absolute atomic E-state index is 5.32. The van der Waals surface area contributed by atoms with Crippen molar-refractivity contribution in [2.45, 2.75) is 26.6 Å². The van der Waals surface area contributed by atoms with Gasteiger partial charge in [0.15, 0.2) is 6.29 Å². The second kappa shape index (κ2) is 3.18. The Morgan fingerprint density at radius 1 is 1.33 bits per heavy atom. The molecule has 1 saturated heterocycles. The standard InChI is InChI=1S/C7H14O2/c1-3-7-8-4-6(2)5-9-7/h6-7H,3-5H2,1-2H3. The third kappa shape index (κ3) is 1.95. The summed E-state index contributed by atoms with van der Waals surface area (Å²) in [6, 6.07) is 0. The highest BCUT2D eigenvalue weighted by atomic mass is 16.7. The van der Waals surface area contributed by atoms with E-state index in [1.165, 1.54) is 0 Å². The number of hydrogen-bond donors (Lipinski definition) is 0. The van der Waals surface area contributed by atoms with Gasteiger partial charge in [0.25, 0.3) is 0 Å². The van der Waals surface area contributed by atoms with Crippen LogP contribution in [0.5, 0.6) is 0 Å². The molecule has 0 aromatic heterocycles. The van der Waals surface area contributed by atoms with Crippen LogP contribution in [0.15, 0.2) is 0 Å². The molecular weight excluding hydrogens is 116 g/mol. The van der Waals surface area contributed by atoms with Gasteiger partial charge in [-0.1, -0.05) is 13.8 Å². The summed E-state index contributed by atoms with van der Waals surface area (Å²) in [5, 5.41) is 0. The molecule has 1 aliphatic rings. The van der Waals surface area contributed by atoms with E-state index in [1.54, 1.807) is 0 Å². The van der Waals surface area contributed by atoms with Crippen molar-refractivity contribution in [1.82, 2.24) is 0 Å². The van der Waals surface area contributed by atoms with Crippen molar-refractivity contribution in [3.8, 4) is 0 Å². The predicted octanol–water partition coefficient (Wildman–Crippen LogP) is 1.41. The Bertz CT molecular complexity index is 75.0. The van der Waals surface area contributed by atoms with E-state index >= 15 is 0 Å². The Labute approximate surface area is 56.2 Å². The van der Waals surface area contributed by atoms with Crippen LogP contribution in [0.4, 0.5) is 0 Å². The molecule has 1 rings (SSSR count). The van der Waals surface area contributed by atoms with Gasteiger partial charge in [0.2, 0.25) is 0 Å². The molecule has 0 saturated carbocycles. The fourth-order valence-electron chi connectivity index (χ4n) is 0.875. The van der Waals surface area contributed by atoms with E-state index in [0.717, 1.165) is 19.6 Å². The Kier molecular flexibility index (Phi) is 2.49. The van der Waals surface area contributed by atoms with Gasteiger partial charge in [0.1, 0.15) is 0 Å². The molecule has 2 heteroatoms. The molecule has 0 radical (unpaired) electrons. The molecule has 9 heavy (non-hydrogen) atoms. The molecule has 0 aromatic rings. The van der Waals surface area contributed by atoms with Crippen LogP contribution in [-0.4, -0.2) is 19.5 Å². The first-order chi connectivity index (χ1) is 4.33. The zero-order valence-electron chi connectivity index (χ0n) is 6.09. The van der Waals surface area contributed by atoms with Crippen LogP contribution in [-0.2, 0) is 9.47 Å². The largest absolute Gasteiger partial charge is 0.352 e. The van der Waals surface area contributed by atoms with E-state index in [4.69, 9.17) is 9.47 Å². The van der Waals surface area contributed by atoms with E-state index in [2.05, 4.69) is 13.8 Å². The molecule has 0 amide bonds. The number of hydrogen-bond acceptors (Lipinski definition) is 2. The lowest BCUT2D eigenvalue weighted by molar-refractivity contribution is -0.197. The van der Waals surface area contributed by atoms with Crippen molar-refractivity contribution in [2.75, 3.05) is 13.2 Å². The first-order valence-corrected chi connectivity index (χ1v) is 3.56. The van der Waals surface area contributed by atoms with Gasteiger partial charge in [0, 0.05) is 5.92 Å². The SMILES string of the molecule is CCC1OCC(C)CO1. The molecule has 0 unspecified atom stereocenters. The average Bonchev–Trinajstić information content (AvgIpc) is 1.90. The summed E-state index contributed by atoms with van der Waals surface area (Å²) in [4.78, 5) is 0. The quantitative estimate of drug-likeness (QED) is 0.534. The van der Waals surface area contributed by atoms with E-state index in [1.807, 2.05) is 0 Å². The maximum Gasteiger partial charge on any atom is 0.157 e. The van der Waals surface area contributed by atoms with Crippen LogP contribution in [0.3, 0.4) is 0 Å². The van der Waals surface area contributed by atoms with E-state index in [0.29, 0.717) is 5.92 Å². The monoisotopic (exact) mass is 130 g/mol. The number of rotatable bonds is 1. The van der Waals surface area contributed by atoms with Crippen molar-refractivity contribution in [1.29, 1.82) is 0 Å². The molecule has 0 bridgehead atoms. The molecule has 1 heterocycles. The van der Waals surface area contributed by atoms with Crippen LogP contribution >= 0.6 is 0 Å². The Balaban J connectivity index is 2.18. The highest BCUT2D eigenvalue weighted by Crippen LogP contribution is 2.11. The summed E-state index contributed by atoms with van der Waals surface area (Å²) in [5.74, 6) is 0.577. The zero-order valence-corrected chi connectivity index (χ0v) is 6.09. The first kappa shape index (κ1) is 7.03. The fourth-order valence-corrected chi connectivity index (χ4v) is 0.875. The van der Waals surface area contributed by atoms with Crippen molar-refractivity contribution in [3.63, 3.8) is 0 Å². The van der Waals surface area contributed by atoms with Crippen LogP contribution in [0, 0.1) is 5.92 Å². The van der Waals surface area contributed by atoms with Crippen molar-refractivity contribution in [2.24, 2.45) is 5.92 Å². The van der Waals surface area contributed by atoms with Crippen molar-refractivity contribution in [3.05, 3.63) is 0 Å². The molecule has 1 fully saturated rings. The highest BCUT2D eigenvalue weighted by Gasteiger charge is 2.16. The minimum atomic E-state index is 0.0706. The summed E-state index contributed by atoms with van der Waals surface area (Å²) in [6.45, 7) is 5.92. The van der Waals surface area contributed by atoms with Gasteiger partial charge in [-0.15, -0.1) is 0 Å². The van der Waals surface area contributed by atoms with Gasteiger partial charge >= 0.3 is 0 Å². The predicted molar refractivity (Wildman–Crippen MR) is 35.1 cm³/mol. The summed E-state index contributed by atoms with van der Waals surface area (Å²) >= 11 is 0. The van der Waals surface area contributed by atoms with Crippen LogP contribution in [0.1, 0.15) is 20.3 Å². The van der Waals surface area contributed by atoms with Gasteiger partial charge in [0.05, 0.1) is 13.2 Å². The number of ether oxygens (including phenoxy) is 2. The molecule has 0 aliphatic carbocycles. The lowest BCUT2D eigenvalue weighted by Crippen LogP contribution is -2.29. The Morgan fingerprint density at radius 3 is 2.33 bits per heavy atom. The third-order valence-electron chi connectivity index (χ3n) is 1.47. The molecule has 2 nitrogen and oxygen atoms in total. The second-order valence-corrected chi connectivity index (χ2v) is 2.61. The van der Waals surface area contributed by atoms with E-state index < -0.39 is 0 Å². The molecule has 1 aliphatic heterocycles. The molecule has 0 N–H and O–H groups in total. The van der Waals surface area contributed by atoms with Gasteiger partial charge < -0.3 is 9.47 Å². The molecule has 0 atom stereocenters. The molecule has 0 aromatic carbocycles. The van der Waals surface area contributed by atoms with Gasteiger partial charge in [-0.05, 0) is 6.42 Å². The Hall–Kier alpha value is -0.0800. The van der Waals surface area contributed by atoms with Crippen LogP contribution in [0.2, 0.25) is 0 Å². The van der Waals surface area contributed by atoms with Crippen molar-refractivity contribution < 1.29 is 9.47 Å². The Morgan fingerprint density at radius 2 is 1.89 bits per heavy atom.